The monoisotopic (exact) mass is 654 g/mol. The van der Waals surface area contributed by atoms with Crippen LogP contribution in [0.2, 0.25) is 0 Å². The fraction of sp³-hybridized carbons (Fsp3) is 0. The van der Waals surface area contributed by atoms with Crippen LogP contribution in [0.15, 0.2) is 162 Å². The number of furan rings is 1. The van der Waals surface area contributed by atoms with E-state index in [2.05, 4.69) is 113 Å². The number of hydrogen-bond donors (Lipinski definition) is 0. The van der Waals surface area contributed by atoms with Crippen molar-refractivity contribution in [1.29, 1.82) is 0 Å². The van der Waals surface area contributed by atoms with Crippen LogP contribution in [-0.4, -0.2) is 0 Å². The van der Waals surface area contributed by atoms with Gasteiger partial charge < -0.3 is 23.7 Å². The zero-order valence-corrected chi connectivity index (χ0v) is 27.1. The van der Waals surface area contributed by atoms with Gasteiger partial charge in [-0.25, -0.2) is 0 Å². The molecule has 1 aromatic heterocycles. The summed E-state index contributed by atoms with van der Waals surface area (Å²) in [6.07, 6.45) is 0. The SMILES string of the molecule is c1ccc2c(c1)Oc1ccccc1N2c1ccc2ccc3c(N4c5ccccc5Oc5cc6c(cc54)oc4ccccc46)ccc4ccc1c2c43. The highest BCUT2D eigenvalue weighted by atomic mass is 16.5. The molecule has 3 heterocycles. The molecule has 10 aromatic rings. The van der Waals surface area contributed by atoms with Crippen molar-refractivity contribution in [1.82, 2.24) is 0 Å². The number of nitrogens with zero attached hydrogens (tertiary/aromatic N) is 2. The van der Waals surface area contributed by atoms with Crippen molar-refractivity contribution in [3.8, 4) is 23.0 Å². The Balaban J connectivity index is 1.13. The first-order valence-electron chi connectivity index (χ1n) is 17.2. The van der Waals surface area contributed by atoms with Crippen LogP contribution in [0.3, 0.4) is 0 Å². The molecule has 9 aromatic carbocycles. The summed E-state index contributed by atoms with van der Waals surface area (Å²) in [6, 6.07) is 55.3. The summed E-state index contributed by atoms with van der Waals surface area (Å²) in [7, 11) is 0. The molecule has 0 unspecified atom stereocenters. The van der Waals surface area contributed by atoms with Gasteiger partial charge in [-0.2, -0.15) is 0 Å². The maximum Gasteiger partial charge on any atom is 0.152 e. The number of rotatable bonds is 2. The number of fused-ring (bicyclic) bond motifs is 7. The van der Waals surface area contributed by atoms with Crippen LogP contribution in [0.25, 0.3) is 54.3 Å². The molecule has 238 valence electrons. The lowest BCUT2D eigenvalue weighted by atomic mass is 9.91. The first-order chi connectivity index (χ1) is 25.3. The molecule has 0 bridgehead atoms. The summed E-state index contributed by atoms with van der Waals surface area (Å²) in [6.45, 7) is 0. The fourth-order valence-electron chi connectivity index (χ4n) is 8.36. The summed E-state index contributed by atoms with van der Waals surface area (Å²) in [4.78, 5) is 4.68. The lowest BCUT2D eigenvalue weighted by molar-refractivity contribution is 0.477. The molecular formula is C46H26N2O3. The minimum atomic E-state index is 0.797. The van der Waals surface area contributed by atoms with Gasteiger partial charge in [-0.1, -0.05) is 91.0 Å². The number of ether oxygens (including phenoxy) is 2. The van der Waals surface area contributed by atoms with Crippen LogP contribution >= 0.6 is 0 Å². The van der Waals surface area contributed by atoms with E-state index in [4.69, 9.17) is 13.9 Å². The van der Waals surface area contributed by atoms with Crippen LogP contribution < -0.4 is 19.3 Å². The van der Waals surface area contributed by atoms with Crippen molar-refractivity contribution in [3.05, 3.63) is 158 Å². The average Bonchev–Trinajstić information content (AvgIpc) is 3.54. The molecule has 2 aliphatic rings. The largest absolute Gasteiger partial charge is 0.456 e. The molecule has 0 radical (unpaired) electrons. The number of para-hydroxylation sites is 7. The third kappa shape index (κ3) is 3.64. The third-order valence-corrected chi connectivity index (χ3v) is 10.6. The molecule has 0 N–H and O–H groups in total. The van der Waals surface area contributed by atoms with Crippen molar-refractivity contribution in [2.75, 3.05) is 9.80 Å². The average molecular weight is 655 g/mol. The lowest BCUT2D eigenvalue weighted by Gasteiger charge is -2.34. The van der Waals surface area contributed by atoms with Crippen LogP contribution in [0.5, 0.6) is 23.0 Å². The molecule has 0 fully saturated rings. The molecule has 12 rings (SSSR count). The Hall–Kier alpha value is -6.98. The zero-order valence-electron chi connectivity index (χ0n) is 27.1. The van der Waals surface area contributed by atoms with E-state index < -0.39 is 0 Å². The van der Waals surface area contributed by atoms with Crippen LogP contribution in [0.1, 0.15) is 0 Å². The van der Waals surface area contributed by atoms with E-state index in [1.807, 2.05) is 54.6 Å². The van der Waals surface area contributed by atoms with Gasteiger partial charge in [-0.05, 0) is 82.2 Å². The highest BCUT2D eigenvalue weighted by Gasteiger charge is 2.30. The first-order valence-corrected chi connectivity index (χ1v) is 17.2. The Morgan fingerprint density at radius 2 is 0.804 bits per heavy atom. The standard InChI is InChI=1S/C46H26N2O3/c1-5-13-39-29(9-1)32-25-44-38(26-43(32)49-39)48(37-12-4-8-16-42(37)51-44)34-24-20-28-17-21-30-33(23-19-27-18-22-31(34)46(28)45(27)30)47-35-10-2-6-14-40(35)50-41-15-7-3-11-36(41)47/h1-26H. The molecular weight excluding hydrogens is 629 g/mol. The normalized spacial score (nSPS) is 13.3. The van der Waals surface area contributed by atoms with E-state index >= 15 is 0 Å². The van der Waals surface area contributed by atoms with E-state index in [9.17, 15) is 0 Å². The van der Waals surface area contributed by atoms with Crippen molar-refractivity contribution in [3.63, 3.8) is 0 Å². The van der Waals surface area contributed by atoms with Crippen molar-refractivity contribution in [2.45, 2.75) is 0 Å². The van der Waals surface area contributed by atoms with Gasteiger partial charge in [-0.15, -0.1) is 0 Å². The van der Waals surface area contributed by atoms with Gasteiger partial charge in [0.25, 0.3) is 0 Å². The molecule has 5 nitrogen and oxygen atoms in total. The fourth-order valence-corrected chi connectivity index (χ4v) is 8.36. The van der Waals surface area contributed by atoms with E-state index in [0.717, 1.165) is 84.4 Å². The molecule has 5 heteroatoms. The number of anilines is 6. The summed E-state index contributed by atoms with van der Waals surface area (Å²) in [5.41, 5.74) is 7.85. The van der Waals surface area contributed by atoms with E-state index in [-0.39, 0.29) is 0 Å². The summed E-state index contributed by atoms with van der Waals surface area (Å²) >= 11 is 0. The third-order valence-electron chi connectivity index (χ3n) is 10.6. The maximum atomic E-state index is 6.62. The molecule has 51 heavy (non-hydrogen) atoms. The van der Waals surface area contributed by atoms with Gasteiger partial charge in [0, 0.05) is 27.6 Å². The van der Waals surface area contributed by atoms with Crippen LogP contribution in [-0.2, 0) is 0 Å². The molecule has 0 saturated heterocycles. The van der Waals surface area contributed by atoms with Gasteiger partial charge in [-0.3, -0.25) is 0 Å². The highest BCUT2D eigenvalue weighted by molar-refractivity contribution is 6.28. The Morgan fingerprint density at radius 1 is 0.314 bits per heavy atom. The predicted molar refractivity (Wildman–Crippen MR) is 207 cm³/mol. The number of benzene rings is 9. The van der Waals surface area contributed by atoms with Gasteiger partial charge >= 0.3 is 0 Å². The Kier molecular flexibility index (Phi) is 5.17. The van der Waals surface area contributed by atoms with E-state index in [0.29, 0.717) is 0 Å². The maximum absolute atomic E-state index is 6.62. The van der Waals surface area contributed by atoms with Gasteiger partial charge in [0.15, 0.2) is 23.0 Å². The Bertz CT molecular complexity index is 3020. The van der Waals surface area contributed by atoms with Crippen molar-refractivity contribution >= 4 is 88.4 Å². The van der Waals surface area contributed by atoms with Gasteiger partial charge in [0.05, 0.1) is 34.1 Å². The molecule has 0 saturated carbocycles. The lowest BCUT2D eigenvalue weighted by Crippen LogP contribution is -2.16. The smallest absolute Gasteiger partial charge is 0.152 e. The predicted octanol–water partition coefficient (Wildman–Crippen LogP) is 13.6. The number of hydrogen-bond acceptors (Lipinski definition) is 5. The van der Waals surface area contributed by atoms with Crippen molar-refractivity contribution in [2.24, 2.45) is 0 Å². The van der Waals surface area contributed by atoms with Gasteiger partial charge in [0.1, 0.15) is 11.2 Å². The molecule has 0 spiro atoms. The summed E-state index contributed by atoms with van der Waals surface area (Å²) < 4.78 is 19.4. The topological polar surface area (TPSA) is 38.1 Å². The molecule has 0 atom stereocenters. The second-order valence-corrected chi connectivity index (χ2v) is 13.3. The summed E-state index contributed by atoms with van der Waals surface area (Å²) in [5, 5.41) is 9.33. The Labute approximate surface area is 292 Å². The minimum Gasteiger partial charge on any atom is -0.456 e. The summed E-state index contributed by atoms with van der Waals surface area (Å²) in [5.74, 6) is 3.29. The van der Waals surface area contributed by atoms with Crippen LogP contribution in [0, 0.1) is 0 Å². The second kappa shape index (κ2) is 9.80. The Morgan fingerprint density at radius 3 is 1.41 bits per heavy atom. The zero-order chi connectivity index (χ0) is 33.2. The molecule has 2 aliphatic heterocycles. The van der Waals surface area contributed by atoms with E-state index in [1.165, 1.54) is 26.9 Å². The minimum absolute atomic E-state index is 0.797. The van der Waals surface area contributed by atoms with Crippen LogP contribution in [0.4, 0.5) is 34.1 Å². The quantitative estimate of drug-likeness (QED) is 0.173. The molecule has 0 amide bonds. The second-order valence-electron chi connectivity index (χ2n) is 13.3. The van der Waals surface area contributed by atoms with E-state index in [1.54, 1.807) is 0 Å². The van der Waals surface area contributed by atoms with Crippen molar-refractivity contribution < 1.29 is 13.9 Å². The highest BCUT2D eigenvalue weighted by Crippen LogP contribution is 2.56. The first kappa shape index (κ1) is 26.9. The van der Waals surface area contributed by atoms with Gasteiger partial charge in [0.2, 0.25) is 0 Å². The molecule has 0 aliphatic carbocycles.